The number of benzene rings is 1. The Morgan fingerprint density at radius 2 is 2.12 bits per heavy atom. The second-order valence-corrected chi connectivity index (χ2v) is 6.80. The lowest BCUT2D eigenvalue weighted by Crippen LogP contribution is -2.46. The number of rotatable bonds is 5. The van der Waals surface area contributed by atoms with Crippen LogP contribution in [0.2, 0.25) is 0 Å². The Balaban J connectivity index is 1.68. The van der Waals surface area contributed by atoms with E-state index in [2.05, 4.69) is 5.32 Å². The second kappa shape index (κ2) is 8.11. The smallest absolute Gasteiger partial charge is 0.306 e. The lowest BCUT2D eigenvalue weighted by molar-refractivity contribution is -0.141. The van der Waals surface area contributed by atoms with Crippen LogP contribution in [0.3, 0.4) is 0 Å². The van der Waals surface area contributed by atoms with Gasteiger partial charge in [0.05, 0.1) is 24.0 Å². The zero-order valence-electron chi connectivity index (χ0n) is 13.9. The van der Waals surface area contributed by atoms with Gasteiger partial charge in [-0.3, -0.25) is 14.4 Å². The first-order valence-electron chi connectivity index (χ1n) is 8.10. The molecule has 2 amide bonds. The molecule has 26 heavy (non-hydrogen) atoms. The minimum Gasteiger partial charge on any atom is -0.481 e. The summed E-state index contributed by atoms with van der Waals surface area (Å²) in [6.07, 6.45) is -0.646. The fourth-order valence-electron chi connectivity index (χ4n) is 2.74. The lowest BCUT2D eigenvalue weighted by Gasteiger charge is -2.32. The van der Waals surface area contributed by atoms with Gasteiger partial charge in [0, 0.05) is 24.3 Å². The van der Waals surface area contributed by atoms with E-state index in [0.717, 1.165) is 0 Å². The van der Waals surface area contributed by atoms with Gasteiger partial charge in [-0.05, 0) is 29.6 Å². The van der Waals surface area contributed by atoms with Crippen molar-refractivity contribution in [2.75, 3.05) is 25.0 Å². The molecule has 1 aliphatic rings. The number of anilines is 1. The highest BCUT2D eigenvalue weighted by molar-refractivity contribution is 7.12. The third kappa shape index (κ3) is 4.47. The number of carboxylic acid groups (broad SMARTS) is 1. The summed E-state index contributed by atoms with van der Waals surface area (Å²) >= 11 is 1.34. The van der Waals surface area contributed by atoms with Crippen LogP contribution < -0.4 is 5.32 Å². The number of aliphatic carboxylic acids is 1. The summed E-state index contributed by atoms with van der Waals surface area (Å²) in [5, 5.41) is 13.5. The first-order chi connectivity index (χ1) is 12.5. The topological polar surface area (TPSA) is 95.9 Å². The number of ether oxygens (including phenoxy) is 1. The molecule has 136 valence electrons. The van der Waals surface area contributed by atoms with E-state index in [0.29, 0.717) is 29.3 Å². The van der Waals surface area contributed by atoms with Gasteiger partial charge < -0.3 is 20.1 Å². The molecule has 8 heteroatoms. The molecular weight excluding hydrogens is 356 g/mol. The van der Waals surface area contributed by atoms with Crippen LogP contribution in [-0.2, 0) is 9.53 Å². The Bertz CT molecular complexity index is 806. The van der Waals surface area contributed by atoms with Gasteiger partial charge in [0.25, 0.3) is 11.8 Å². The molecule has 0 bridgehead atoms. The maximum atomic E-state index is 12.7. The first kappa shape index (κ1) is 18.1. The number of morpholine rings is 1. The van der Waals surface area contributed by atoms with Gasteiger partial charge in [-0.1, -0.05) is 12.1 Å². The fraction of sp³-hybridized carbons (Fsp3) is 0.278. The molecule has 0 saturated carbocycles. The normalized spacial score (nSPS) is 16.9. The van der Waals surface area contributed by atoms with Crippen molar-refractivity contribution in [3.05, 3.63) is 52.2 Å². The van der Waals surface area contributed by atoms with Crippen molar-refractivity contribution in [1.29, 1.82) is 0 Å². The molecule has 1 aliphatic heterocycles. The summed E-state index contributed by atoms with van der Waals surface area (Å²) in [6.45, 7) is 0.941. The number of thiophene rings is 1. The lowest BCUT2D eigenvalue weighted by atomic mass is 10.1. The second-order valence-electron chi connectivity index (χ2n) is 5.85. The molecule has 2 aromatic rings. The summed E-state index contributed by atoms with van der Waals surface area (Å²) in [4.78, 5) is 37.9. The standard InChI is InChI=1S/C18H18N2O5S/c21-16(22)10-14-11-20(6-7-25-14)18(24)12-3-1-4-13(9-12)19-17(23)15-5-2-8-26-15/h1-5,8-9,14H,6-7,10-11H2,(H,19,23)(H,21,22). The zero-order valence-corrected chi connectivity index (χ0v) is 14.7. The van der Waals surface area contributed by atoms with E-state index in [1.807, 2.05) is 5.38 Å². The number of hydrogen-bond acceptors (Lipinski definition) is 5. The summed E-state index contributed by atoms with van der Waals surface area (Å²) in [5.74, 6) is -1.39. The predicted octanol–water partition coefficient (Wildman–Crippen LogP) is 2.32. The van der Waals surface area contributed by atoms with Crippen molar-refractivity contribution < 1.29 is 24.2 Å². The number of carbonyl (C=O) groups excluding carboxylic acids is 2. The molecule has 2 N–H and O–H groups in total. The van der Waals surface area contributed by atoms with Crippen LogP contribution in [0.25, 0.3) is 0 Å². The van der Waals surface area contributed by atoms with Crippen molar-refractivity contribution in [3.8, 4) is 0 Å². The molecule has 0 aliphatic carbocycles. The number of hydrogen-bond donors (Lipinski definition) is 2. The van der Waals surface area contributed by atoms with E-state index in [9.17, 15) is 14.4 Å². The first-order valence-corrected chi connectivity index (χ1v) is 8.98. The quantitative estimate of drug-likeness (QED) is 0.837. The van der Waals surface area contributed by atoms with Crippen molar-refractivity contribution in [2.24, 2.45) is 0 Å². The van der Waals surface area contributed by atoms with Gasteiger partial charge in [-0.15, -0.1) is 11.3 Å². The summed E-state index contributed by atoms with van der Waals surface area (Å²) in [6, 6.07) is 10.2. The van der Waals surface area contributed by atoms with E-state index in [4.69, 9.17) is 9.84 Å². The average molecular weight is 374 g/mol. The molecule has 7 nitrogen and oxygen atoms in total. The number of nitrogens with one attached hydrogen (secondary N) is 1. The third-order valence-electron chi connectivity index (χ3n) is 3.94. The highest BCUT2D eigenvalue weighted by Gasteiger charge is 2.26. The molecule has 1 unspecified atom stereocenters. The molecule has 3 rings (SSSR count). The molecule has 0 radical (unpaired) electrons. The highest BCUT2D eigenvalue weighted by atomic mass is 32.1. The SMILES string of the molecule is O=C(O)CC1CN(C(=O)c2cccc(NC(=O)c3cccs3)c2)CCO1. The number of carbonyl (C=O) groups is 3. The summed E-state index contributed by atoms with van der Waals surface area (Å²) in [7, 11) is 0. The van der Waals surface area contributed by atoms with E-state index in [-0.39, 0.29) is 24.8 Å². The van der Waals surface area contributed by atoms with Gasteiger partial charge in [0.15, 0.2) is 0 Å². The van der Waals surface area contributed by atoms with Gasteiger partial charge >= 0.3 is 5.97 Å². The van der Waals surface area contributed by atoms with Gasteiger partial charge in [-0.2, -0.15) is 0 Å². The van der Waals surface area contributed by atoms with E-state index in [1.165, 1.54) is 11.3 Å². The maximum absolute atomic E-state index is 12.7. The minimum atomic E-state index is -0.956. The summed E-state index contributed by atoms with van der Waals surface area (Å²) in [5.41, 5.74) is 0.967. The fourth-order valence-corrected chi connectivity index (χ4v) is 3.35. The molecule has 1 fully saturated rings. The van der Waals surface area contributed by atoms with Crippen LogP contribution in [0.15, 0.2) is 41.8 Å². The van der Waals surface area contributed by atoms with E-state index >= 15 is 0 Å². The van der Waals surface area contributed by atoms with Gasteiger partial charge in [-0.25, -0.2) is 0 Å². The number of amides is 2. The van der Waals surface area contributed by atoms with Gasteiger partial charge in [0.2, 0.25) is 0 Å². The Morgan fingerprint density at radius 1 is 1.27 bits per heavy atom. The average Bonchev–Trinajstić information content (AvgIpc) is 3.16. The third-order valence-corrected chi connectivity index (χ3v) is 4.81. The Morgan fingerprint density at radius 3 is 2.85 bits per heavy atom. The van der Waals surface area contributed by atoms with E-state index in [1.54, 1.807) is 41.3 Å². The maximum Gasteiger partial charge on any atom is 0.306 e. The number of carboxylic acids is 1. The van der Waals surface area contributed by atoms with Crippen LogP contribution in [0, 0.1) is 0 Å². The monoisotopic (exact) mass is 374 g/mol. The van der Waals surface area contributed by atoms with Crippen LogP contribution in [0.1, 0.15) is 26.5 Å². The number of nitrogens with zero attached hydrogens (tertiary/aromatic N) is 1. The van der Waals surface area contributed by atoms with Crippen LogP contribution in [-0.4, -0.2) is 53.6 Å². The molecule has 1 aromatic heterocycles. The van der Waals surface area contributed by atoms with Crippen molar-refractivity contribution in [2.45, 2.75) is 12.5 Å². The van der Waals surface area contributed by atoms with Crippen LogP contribution >= 0.6 is 11.3 Å². The summed E-state index contributed by atoms with van der Waals surface area (Å²) < 4.78 is 5.39. The van der Waals surface area contributed by atoms with Crippen molar-refractivity contribution in [1.82, 2.24) is 4.90 Å². The van der Waals surface area contributed by atoms with Crippen molar-refractivity contribution >= 4 is 34.8 Å². The zero-order chi connectivity index (χ0) is 18.5. The Hall–Kier alpha value is -2.71. The van der Waals surface area contributed by atoms with Gasteiger partial charge in [0.1, 0.15) is 0 Å². The molecule has 1 saturated heterocycles. The molecule has 0 spiro atoms. The molecule has 1 atom stereocenters. The highest BCUT2D eigenvalue weighted by Crippen LogP contribution is 2.18. The Labute approximate surface area is 154 Å². The van der Waals surface area contributed by atoms with E-state index < -0.39 is 12.1 Å². The van der Waals surface area contributed by atoms with Crippen molar-refractivity contribution in [3.63, 3.8) is 0 Å². The van der Waals surface area contributed by atoms with Crippen LogP contribution in [0.5, 0.6) is 0 Å². The molecular formula is C18H18N2O5S. The van der Waals surface area contributed by atoms with Crippen LogP contribution in [0.4, 0.5) is 5.69 Å². The Kier molecular flexibility index (Phi) is 5.65. The molecule has 1 aromatic carbocycles. The minimum absolute atomic E-state index is 0.138. The predicted molar refractivity (Wildman–Crippen MR) is 96.6 cm³/mol. The molecule has 2 heterocycles. The largest absolute Gasteiger partial charge is 0.481 e.